The second-order valence-corrected chi connectivity index (χ2v) is 4.83. The van der Waals surface area contributed by atoms with Gasteiger partial charge in [0.2, 0.25) is 0 Å². The van der Waals surface area contributed by atoms with Crippen LogP contribution in [0.5, 0.6) is 5.75 Å². The van der Waals surface area contributed by atoms with E-state index in [-0.39, 0.29) is 25.0 Å². The van der Waals surface area contributed by atoms with Gasteiger partial charge in [-0.2, -0.15) is 5.26 Å². The highest BCUT2D eigenvalue weighted by molar-refractivity contribution is 6.00. The summed E-state index contributed by atoms with van der Waals surface area (Å²) in [6, 6.07) is 7.15. The van der Waals surface area contributed by atoms with E-state index < -0.39 is 6.10 Å². The quantitative estimate of drug-likeness (QED) is 0.835. The zero-order chi connectivity index (χ0) is 14.0. The number of amides is 1. The van der Waals surface area contributed by atoms with Crippen molar-refractivity contribution in [3.05, 3.63) is 23.8 Å². The highest BCUT2D eigenvalue weighted by Crippen LogP contribution is 2.36. The average Bonchev–Trinajstić information content (AvgIpc) is 2.40. The summed E-state index contributed by atoms with van der Waals surface area (Å²) in [6.07, 6.45) is -0.569. The molecule has 0 fully saturated rings. The van der Waals surface area contributed by atoms with E-state index in [2.05, 4.69) is 0 Å². The molecule has 1 N–H and O–H groups in total. The number of ether oxygens (including phenoxy) is 1. The molecule has 100 valence electrons. The van der Waals surface area contributed by atoms with Crippen LogP contribution in [0.25, 0.3) is 0 Å². The Morgan fingerprint density at radius 3 is 2.84 bits per heavy atom. The molecule has 19 heavy (non-hydrogen) atoms. The van der Waals surface area contributed by atoms with Crippen LogP contribution in [0.1, 0.15) is 19.4 Å². The Labute approximate surface area is 112 Å². The Hall–Kier alpha value is -2.06. The Balaban J connectivity index is 2.47. The first-order valence-electron chi connectivity index (χ1n) is 6.17. The lowest BCUT2D eigenvalue weighted by Crippen LogP contribution is -2.48. The first-order valence-corrected chi connectivity index (χ1v) is 6.17. The molecule has 1 unspecified atom stereocenters. The molecule has 1 atom stereocenters. The lowest BCUT2D eigenvalue weighted by atomic mass is 10.0. The van der Waals surface area contributed by atoms with E-state index >= 15 is 0 Å². The van der Waals surface area contributed by atoms with Crippen molar-refractivity contribution in [1.82, 2.24) is 0 Å². The monoisotopic (exact) mass is 260 g/mol. The number of benzene rings is 1. The molecule has 1 aliphatic rings. The number of aliphatic hydroxyl groups excluding tert-OH is 1. The van der Waals surface area contributed by atoms with E-state index in [0.717, 1.165) is 0 Å². The van der Waals surface area contributed by atoms with Crippen LogP contribution in [-0.4, -0.2) is 23.7 Å². The summed E-state index contributed by atoms with van der Waals surface area (Å²) in [5.74, 6) is 0.393. The van der Waals surface area contributed by atoms with Gasteiger partial charge in [-0.15, -0.1) is 0 Å². The lowest BCUT2D eigenvalue weighted by molar-refractivity contribution is -0.128. The van der Waals surface area contributed by atoms with Crippen LogP contribution >= 0.6 is 0 Å². The summed E-state index contributed by atoms with van der Waals surface area (Å²) in [4.78, 5) is 13.7. The zero-order valence-electron chi connectivity index (χ0n) is 11.0. The van der Waals surface area contributed by atoms with Gasteiger partial charge < -0.3 is 9.84 Å². The van der Waals surface area contributed by atoms with E-state index in [1.54, 1.807) is 18.2 Å². The Morgan fingerprint density at radius 1 is 1.53 bits per heavy atom. The summed E-state index contributed by atoms with van der Waals surface area (Å²) in [5, 5.41) is 18.0. The van der Waals surface area contributed by atoms with E-state index in [4.69, 9.17) is 15.1 Å². The second-order valence-electron chi connectivity index (χ2n) is 4.83. The maximum Gasteiger partial charge on any atom is 0.269 e. The van der Waals surface area contributed by atoms with Gasteiger partial charge in [0.15, 0.2) is 6.10 Å². The lowest BCUT2D eigenvalue weighted by Gasteiger charge is -2.35. The molecule has 1 amide bonds. The minimum Gasteiger partial charge on any atom is -0.478 e. The van der Waals surface area contributed by atoms with Crippen molar-refractivity contribution in [2.45, 2.75) is 26.6 Å². The van der Waals surface area contributed by atoms with Crippen molar-refractivity contribution >= 4 is 11.6 Å². The predicted octanol–water partition coefficient (Wildman–Crippen LogP) is 1.45. The minimum atomic E-state index is -0.569. The number of aliphatic hydroxyl groups is 1. The van der Waals surface area contributed by atoms with E-state index in [9.17, 15) is 4.79 Å². The number of nitriles is 1. The standard InChI is InChI=1S/C14H16N2O3/c1-9(2)13-14(18)16(6-5-15)11-7-10(8-17)3-4-12(11)19-13/h3-4,7,9,13,17H,6,8H2,1-2H3. The minimum absolute atomic E-state index is 0.0205. The molecule has 1 aliphatic heterocycles. The van der Waals surface area contributed by atoms with Crippen molar-refractivity contribution in [3.8, 4) is 11.8 Å². The molecule has 5 heteroatoms. The SMILES string of the molecule is CC(C)C1Oc2ccc(CO)cc2N(CC#N)C1=O. The number of nitrogens with zero attached hydrogens (tertiary/aromatic N) is 2. The number of rotatable bonds is 3. The van der Waals surface area contributed by atoms with Gasteiger partial charge in [0.05, 0.1) is 18.4 Å². The molecule has 1 aromatic carbocycles. The normalized spacial score (nSPS) is 17.9. The molecule has 1 aromatic rings. The molecule has 0 saturated carbocycles. The van der Waals surface area contributed by atoms with Gasteiger partial charge in [-0.25, -0.2) is 0 Å². The number of carbonyl (C=O) groups excluding carboxylic acids is 1. The third-order valence-corrected chi connectivity index (χ3v) is 3.09. The number of hydrogen-bond donors (Lipinski definition) is 1. The first kappa shape index (κ1) is 13.4. The Kier molecular flexibility index (Phi) is 3.72. The van der Waals surface area contributed by atoms with Crippen LogP contribution in [0, 0.1) is 17.2 Å². The molecule has 0 aromatic heterocycles. The van der Waals surface area contributed by atoms with Crippen LogP contribution < -0.4 is 9.64 Å². The molecular formula is C14H16N2O3. The van der Waals surface area contributed by atoms with Crippen molar-refractivity contribution < 1.29 is 14.6 Å². The Bertz CT molecular complexity index is 534. The molecule has 1 heterocycles. The maximum absolute atomic E-state index is 12.3. The van der Waals surface area contributed by atoms with Crippen LogP contribution in [0.2, 0.25) is 0 Å². The Morgan fingerprint density at radius 2 is 2.26 bits per heavy atom. The van der Waals surface area contributed by atoms with Gasteiger partial charge >= 0.3 is 0 Å². The fourth-order valence-corrected chi connectivity index (χ4v) is 2.09. The first-order chi connectivity index (χ1) is 9.08. The molecule has 0 bridgehead atoms. The largest absolute Gasteiger partial charge is 0.478 e. The summed E-state index contributed by atoms with van der Waals surface area (Å²) >= 11 is 0. The molecule has 2 rings (SSSR count). The van der Waals surface area contributed by atoms with Crippen molar-refractivity contribution in [3.63, 3.8) is 0 Å². The highest BCUT2D eigenvalue weighted by Gasteiger charge is 2.36. The molecule has 5 nitrogen and oxygen atoms in total. The molecule has 0 radical (unpaired) electrons. The molecular weight excluding hydrogens is 244 g/mol. The van der Waals surface area contributed by atoms with E-state index in [0.29, 0.717) is 17.0 Å². The highest BCUT2D eigenvalue weighted by atomic mass is 16.5. The average molecular weight is 260 g/mol. The van der Waals surface area contributed by atoms with Crippen molar-refractivity contribution in [1.29, 1.82) is 5.26 Å². The maximum atomic E-state index is 12.3. The third kappa shape index (κ3) is 2.40. The fourth-order valence-electron chi connectivity index (χ4n) is 2.09. The fraction of sp³-hybridized carbons (Fsp3) is 0.429. The smallest absolute Gasteiger partial charge is 0.269 e. The number of hydrogen-bond acceptors (Lipinski definition) is 4. The van der Waals surface area contributed by atoms with Gasteiger partial charge in [-0.1, -0.05) is 19.9 Å². The number of carbonyl (C=O) groups is 1. The van der Waals surface area contributed by atoms with Gasteiger partial charge in [0.25, 0.3) is 5.91 Å². The summed E-state index contributed by atoms with van der Waals surface area (Å²) in [7, 11) is 0. The summed E-state index contributed by atoms with van der Waals surface area (Å²) in [5.41, 5.74) is 1.23. The second kappa shape index (κ2) is 5.29. The van der Waals surface area contributed by atoms with Gasteiger partial charge in [0.1, 0.15) is 12.3 Å². The van der Waals surface area contributed by atoms with Crippen LogP contribution in [-0.2, 0) is 11.4 Å². The van der Waals surface area contributed by atoms with Gasteiger partial charge in [-0.05, 0) is 23.6 Å². The zero-order valence-corrected chi connectivity index (χ0v) is 11.0. The topological polar surface area (TPSA) is 73.6 Å². The van der Waals surface area contributed by atoms with Crippen molar-refractivity contribution in [2.24, 2.45) is 5.92 Å². The predicted molar refractivity (Wildman–Crippen MR) is 69.6 cm³/mol. The summed E-state index contributed by atoms with van der Waals surface area (Å²) < 4.78 is 5.70. The molecule has 0 spiro atoms. The van der Waals surface area contributed by atoms with Crippen LogP contribution in [0.15, 0.2) is 18.2 Å². The van der Waals surface area contributed by atoms with Crippen molar-refractivity contribution in [2.75, 3.05) is 11.4 Å². The summed E-state index contributed by atoms with van der Waals surface area (Å²) in [6.45, 7) is 3.67. The van der Waals surface area contributed by atoms with E-state index in [1.807, 2.05) is 19.9 Å². The molecule has 0 saturated heterocycles. The van der Waals surface area contributed by atoms with E-state index in [1.165, 1.54) is 4.90 Å². The van der Waals surface area contributed by atoms with Crippen LogP contribution in [0.3, 0.4) is 0 Å². The van der Waals surface area contributed by atoms with Gasteiger partial charge in [0, 0.05) is 0 Å². The molecule has 0 aliphatic carbocycles. The number of fused-ring (bicyclic) bond motifs is 1. The number of anilines is 1. The van der Waals surface area contributed by atoms with Gasteiger partial charge in [-0.3, -0.25) is 9.69 Å². The van der Waals surface area contributed by atoms with Crippen LogP contribution in [0.4, 0.5) is 5.69 Å². The third-order valence-electron chi connectivity index (χ3n) is 3.09.